The third-order valence-electron chi connectivity index (χ3n) is 1.94. The van der Waals surface area contributed by atoms with Gasteiger partial charge in [-0.3, -0.25) is 0 Å². The third kappa shape index (κ3) is 1.94. The number of hydrogen-bond donors (Lipinski definition) is 1. The van der Waals surface area contributed by atoms with Gasteiger partial charge in [0.2, 0.25) is 5.82 Å². The molecule has 0 aliphatic heterocycles. The minimum absolute atomic E-state index is 0.165. The van der Waals surface area contributed by atoms with Crippen molar-refractivity contribution in [1.29, 1.82) is 0 Å². The van der Waals surface area contributed by atoms with Crippen LogP contribution in [0.4, 0.5) is 4.39 Å². The molecule has 1 aromatic heterocycles. The van der Waals surface area contributed by atoms with E-state index in [2.05, 4.69) is 20.4 Å². The predicted molar refractivity (Wildman–Crippen MR) is 50.9 cm³/mol. The molecule has 1 heterocycles. The number of halogens is 1. The summed E-state index contributed by atoms with van der Waals surface area (Å²) in [5.41, 5.74) is 6.33. The van der Waals surface area contributed by atoms with Crippen LogP contribution in [0.3, 0.4) is 0 Å². The Bertz CT molecular complexity index is 459. The van der Waals surface area contributed by atoms with E-state index in [4.69, 9.17) is 5.73 Å². The molecule has 0 amide bonds. The summed E-state index contributed by atoms with van der Waals surface area (Å²) in [6.07, 6.45) is 1.22. The van der Waals surface area contributed by atoms with Crippen LogP contribution in [0.1, 0.15) is 5.56 Å². The summed E-state index contributed by atoms with van der Waals surface area (Å²) in [4.78, 5) is 0. The van der Waals surface area contributed by atoms with E-state index in [9.17, 15) is 4.39 Å². The highest BCUT2D eigenvalue weighted by Gasteiger charge is 2.06. The summed E-state index contributed by atoms with van der Waals surface area (Å²) >= 11 is 0. The summed E-state index contributed by atoms with van der Waals surface area (Å²) in [6, 6.07) is 4.60. The fraction of sp³-hybridized carbons (Fsp3) is 0.111. The Hall–Kier alpha value is -1.95. The van der Waals surface area contributed by atoms with Crippen LogP contribution in [-0.4, -0.2) is 20.4 Å². The molecule has 2 aromatic rings. The molecule has 0 aliphatic carbocycles. The number of rotatable bonds is 2. The Morgan fingerprint density at radius 3 is 2.53 bits per heavy atom. The standard InChI is InChI=1S/C9H8FN5/c10-8-3-6(1-2-7(8)4-11)9-14-12-5-13-15-9/h1-3,5H,4,11H2. The van der Waals surface area contributed by atoms with E-state index in [1.54, 1.807) is 12.1 Å². The summed E-state index contributed by atoms with van der Waals surface area (Å²) in [5, 5.41) is 14.6. The van der Waals surface area contributed by atoms with Crippen molar-refractivity contribution >= 4 is 0 Å². The van der Waals surface area contributed by atoms with Gasteiger partial charge in [0.05, 0.1) is 0 Å². The van der Waals surface area contributed by atoms with Gasteiger partial charge in [0.1, 0.15) is 5.82 Å². The molecule has 0 spiro atoms. The van der Waals surface area contributed by atoms with Crippen molar-refractivity contribution in [2.45, 2.75) is 6.54 Å². The molecule has 0 saturated heterocycles. The maximum atomic E-state index is 13.4. The van der Waals surface area contributed by atoms with Gasteiger partial charge in [-0.25, -0.2) is 4.39 Å². The van der Waals surface area contributed by atoms with Crippen LogP contribution in [0.5, 0.6) is 0 Å². The molecule has 15 heavy (non-hydrogen) atoms. The first kappa shape index (κ1) is 9.60. The van der Waals surface area contributed by atoms with E-state index in [0.29, 0.717) is 17.0 Å². The Morgan fingerprint density at radius 2 is 1.93 bits per heavy atom. The van der Waals surface area contributed by atoms with E-state index >= 15 is 0 Å². The number of aromatic nitrogens is 4. The lowest BCUT2D eigenvalue weighted by molar-refractivity contribution is 0.611. The zero-order chi connectivity index (χ0) is 10.7. The Kier molecular flexibility index (Phi) is 2.59. The van der Waals surface area contributed by atoms with Gasteiger partial charge in [0.25, 0.3) is 0 Å². The average Bonchev–Trinajstić information content (AvgIpc) is 2.30. The third-order valence-corrected chi connectivity index (χ3v) is 1.94. The highest BCUT2D eigenvalue weighted by Crippen LogP contribution is 2.16. The van der Waals surface area contributed by atoms with E-state index in [1.165, 1.54) is 12.4 Å². The number of hydrogen-bond acceptors (Lipinski definition) is 5. The van der Waals surface area contributed by atoms with E-state index < -0.39 is 0 Å². The Labute approximate surface area is 85.2 Å². The van der Waals surface area contributed by atoms with Gasteiger partial charge in [-0.05, 0) is 6.07 Å². The zero-order valence-corrected chi connectivity index (χ0v) is 7.76. The highest BCUT2D eigenvalue weighted by molar-refractivity contribution is 5.54. The van der Waals surface area contributed by atoms with Gasteiger partial charge >= 0.3 is 0 Å². The van der Waals surface area contributed by atoms with E-state index in [0.717, 1.165) is 0 Å². The van der Waals surface area contributed by atoms with Gasteiger partial charge < -0.3 is 5.73 Å². The van der Waals surface area contributed by atoms with Gasteiger partial charge in [0.15, 0.2) is 6.33 Å². The van der Waals surface area contributed by atoms with Crippen molar-refractivity contribution < 1.29 is 4.39 Å². The molecule has 6 heteroatoms. The molecule has 0 radical (unpaired) electrons. The minimum Gasteiger partial charge on any atom is -0.326 e. The first-order valence-corrected chi connectivity index (χ1v) is 4.30. The molecule has 2 N–H and O–H groups in total. The fourth-order valence-corrected chi connectivity index (χ4v) is 1.17. The van der Waals surface area contributed by atoms with Crippen molar-refractivity contribution in [1.82, 2.24) is 20.4 Å². The Balaban J connectivity index is 2.43. The van der Waals surface area contributed by atoms with Gasteiger partial charge in [-0.1, -0.05) is 12.1 Å². The molecule has 0 unspecified atom stereocenters. The highest BCUT2D eigenvalue weighted by atomic mass is 19.1. The molecular weight excluding hydrogens is 197 g/mol. The fourth-order valence-electron chi connectivity index (χ4n) is 1.17. The molecule has 0 aliphatic rings. The normalized spacial score (nSPS) is 10.3. The molecule has 0 bridgehead atoms. The van der Waals surface area contributed by atoms with Gasteiger partial charge in [0, 0.05) is 17.7 Å². The van der Waals surface area contributed by atoms with E-state index in [-0.39, 0.29) is 12.4 Å². The number of nitrogens with two attached hydrogens (primary N) is 1. The van der Waals surface area contributed by atoms with Crippen LogP contribution >= 0.6 is 0 Å². The van der Waals surface area contributed by atoms with Crippen LogP contribution in [-0.2, 0) is 6.54 Å². The van der Waals surface area contributed by atoms with E-state index in [1.807, 2.05) is 0 Å². The molecular formula is C9H8FN5. The topological polar surface area (TPSA) is 77.6 Å². The molecule has 2 rings (SSSR count). The second-order valence-corrected chi connectivity index (χ2v) is 2.88. The molecule has 0 fully saturated rings. The molecule has 1 aromatic carbocycles. The van der Waals surface area contributed by atoms with Crippen molar-refractivity contribution in [3.8, 4) is 11.4 Å². The van der Waals surface area contributed by atoms with Gasteiger partial charge in [-0.2, -0.15) is 0 Å². The summed E-state index contributed by atoms with van der Waals surface area (Å²) < 4.78 is 13.4. The maximum absolute atomic E-state index is 13.4. The van der Waals surface area contributed by atoms with Crippen molar-refractivity contribution in [2.75, 3.05) is 0 Å². The Morgan fingerprint density at radius 1 is 1.20 bits per heavy atom. The quantitative estimate of drug-likeness (QED) is 0.773. The molecule has 76 valence electrons. The lowest BCUT2D eigenvalue weighted by Gasteiger charge is -2.01. The first-order chi connectivity index (χ1) is 7.31. The molecule has 5 nitrogen and oxygen atoms in total. The van der Waals surface area contributed by atoms with Crippen LogP contribution in [0.25, 0.3) is 11.4 Å². The SMILES string of the molecule is NCc1ccc(-c2nncnn2)cc1F. The monoisotopic (exact) mass is 205 g/mol. The van der Waals surface area contributed by atoms with Crippen molar-refractivity contribution in [3.05, 3.63) is 35.9 Å². The van der Waals surface area contributed by atoms with Crippen LogP contribution in [0.2, 0.25) is 0 Å². The smallest absolute Gasteiger partial charge is 0.203 e. The second kappa shape index (κ2) is 4.05. The van der Waals surface area contributed by atoms with Crippen molar-refractivity contribution in [3.63, 3.8) is 0 Å². The number of nitrogens with zero attached hydrogens (tertiary/aromatic N) is 4. The van der Waals surface area contributed by atoms with Crippen LogP contribution in [0, 0.1) is 5.82 Å². The van der Waals surface area contributed by atoms with Crippen molar-refractivity contribution in [2.24, 2.45) is 5.73 Å². The maximum Gasteiger partial charge on any atom is 0.203 e. The lowest BCUT2D eigenvalue weighted by atomic mass is 10.1. The lowest BCUT2D eigenvalue weighted by Crippen LogP contribution is -2.00. The first-order valence-electron chi connectivity index (χ1n) is 4.30. The number of benzene rings is 1. The summed E-state index contributed by atoms with van der Waals surface area (Å²) in [7, 11) is 0. The average molecular weight is 205 g/mol. The van der Waals surface area contributed by atoms with Gasteiger partial charge in [-0.15, -0.1) is 20.4 Å². The molecule has 0 saturated carbocycles. The molecule has 0 atom stereocenters. The summed E-state index contributed by atoms with van der Waals surface area (Å²) in [5.74, 6) is -0.0811. The van der Waals surface area contributed by atoms with Crippen LogP contribution < -0.4 is 5.73 Å². The van der Waals surface area contributed by atoms with Crippen LogP contribution in [0.15, 0.2) is 24.5 Å². The largest absolute Gasteiger partial charge is 0.326 e. The predicted octanol–water partition coefficient (Wildman–Crippen LogP) is 0.531. The second-order valence-electron chi connectivity index (χ2n) is 2.88. The zero-order valence-electron chi connectivity index (χ0n) is 7.76. The minimum atomic E-state index is -0.373. The summed E-state index contributed by atoms with van der Waals surface area (Å²) in [6.45, 7) is 0.165.